The lowest BCUT2D eigenvalue weighted by molar-refractivity contribution is 0.0735. The van der Waals surface area contributed by atoms with Gasteiger partial charge in [0.1, 0.15) is 6.29 Å². The minimum atomic E-state index is -0.522. The molecule has 0 radical (unpaired) electrons. The number of hydrogen-bond acceptors (Lipinski definition) is 5. The fourth-order valence-corrected chi connectivity index (χ4v) is 4.67. The van der Waals surface area contributed by atoms with Crippen molar-refractivity contribution in [3.8, 4) is 0 Å². The maximum absolute atomic E-state index is 13.5. The second-order valence-electron chi connectivity index (χ2n) is 8.27. The molecule has 156 valence electrons. The Morgan fingerprint density at radius 2 is 1.87 bits per heavy atom. The van der Waals surface area contributed by atoms with Crippen molar-refractivity contribution in [3.63, 3.8) is 0 Å². The Balaban J connectivity index is 1.67. The molecule has 0 aliphatic heterocycles. The summed E-state index contributed by atoms with van der Waals surface area (Å²) in [5.41, 5.74) is 3.19. The monoisotopic (exact) mass is 413 g/mol. The number of benzene rings is 2. The molecule has 2 heterocycles. The SMILES string of the molecule is O=Cc1ccc(Cc2cc3c(=O)n([C@H]4CCCC[C@@H]4O)cnc3c3ccncc23)cc1. The van der Waals surface area contributed by atoms with Crippen LogP contribution in [0, 0.1) is 0 Å². The van der Waals surface area contributed by atoms with Gasteiger partial charge >= 0.3 is 0 Å². The van der Waals surface area contributed by atoms with Crippen LogP contribution in [0.2, 0.25) is 0 Å². The van der Waals surface area contributed by atoms with Gasteiger partial charge in [-0.25, -0.2) is 4.98 Å². The Bertz CT molecular complexity index is 1330. The van der Waals surface area contributed by atoms with Crippen molar-refractivity contribution >= 4 is 28.0 Å². The average Bonchev–Trinajstić information content (AvgIpc) is 2.81. The third kappa shape index (κ3) is 3.53. The van der Waals surface area contributed by atoms with Crippen molar-refractivity contribution in [1.82, 2.24) is 14.5 Å². The molecule has 5 rings (SSSR count). The second-order valence-corrected chi connectivity index (χ2v) is 8.27. The average molecular weight is 413 g/mol. The van der Waals surface area contributed by atoms with E-state index in [4.69, 9.17) is 0 Å². The van der Waals surface area contributed by atoms with Crippen LogP contribution >= 0.6 is 0 Å². The van der Waals surface area contributed by atoms with Crippen molar-refractivity contribution in [1.29, 1.82) is 0 Å². The van der Waals surface area contributed by atoms with Gasteiger partial charge in [-0.15, -0.1) is 0 Å². The van der Waals surface area contributed by atoms with Gasteiger partial charge in [-0.05, 0) is 42.5 Å². The highest BCUT2D eigenvalue weighted by Crippen LogP contribution is 2.30. The molecule has 0 amide bonds. The van der Waals surface area contributed by atoms with Crippen LogP contribution in [-0.2, 0) is 6.42 Å². The molecule has 0 spiro atoms. The predicted octanol–water partition coefficient (Wildman–Crippen LogP) is 3.82. The van der Waals surface area contributed by atoms with Crippen LogP contribution in [0.25, 0.3) is 21.7 Å². The summed E-state index contributed by atoms with van der Waals surface area (Å²) in [4.78, 5) is 33.3. The van der Waals surface area contributed by atoms with E-state index in [9.17, 15) is 14.7 Å². The maximum atomic E-state index is 13.5. The molecule has 1 saturated carbocycles. The van der Waals surface area contributed by atoms with E-state index in [1.807, 2.05) is 30.5 Å². The molecule has 2 aromatic carbocycles. The van der Waals surface area contributed by atoms with Crippen LogP contribution < -0.4 is 5.56 Å². The van der Waals surface area contributed by atoms with Gasteiger partial charge in [0.25, 0.3) is 5.56 Å². The highest BCUT2D eigenvalue weighted by molar-refractivity contribution is 6.06. The number of hydrogen-bond donors (Lipinski definition) is 1. The molecule has 0 bridgehead atoms. The summed E-state index contributed by atoms with van der Waals surface area (Å²) in [5, 5.41) is 12.9. The topological polar surface area (TPSA) is 85.1 Å². The zero-order valence-electron chi connectivity index (χ0n) is 17.1. The van der Waals surface area contributed by atoms with E-state index in [1.54, 1.807) is 29.2 Å². The van der Waals surface area contributed by atoms with E-state index in [1.165, 1.54) is 0 Å². The third-order valence-corrected chi connectivity index (χ3v) is 6.33. The zero-order chi connectivity index (χ0) is 21.4. The first-order chi connectivity index (χ1) is 15.2. The van der Waals surface area contributed by atoms with Crippen LogP contribution in [-0.4, -0.2) is 32.0 Å². The van der Waals surface area contributed by atoms with Crippen molar-refractivity contribution < 1.29 is 9.90 Å². The Morgan fingerprint density at radius 1 is 1.06 bits per heavy atom. The molecule has 6 nitrogen and oxygen atoms in total. The molecule has 1 aliphatic carbocycles. The molecule has 1 N–H and O–H groups in total. The van der Waals surface area contributed by atoms with Gasteiger partial charge in [-0.3, -0.25) is 19.1 Å². The molecule has 6 heteroatoms. The minimum Gasteiger partial charge on any atom is -0.391 e. The Kier molecular flexibility index (Phi) is 5.08. The number of pyridine rings is 1. The number of aromatic nitrogens is 3. The second kappa shape index (κ2) is 8.04. The van der Waals surface area contributed by atoms with Gasteiger partial charge < -0.3 is 5.11 Å². The van der Waals surface area contributed by atoms with Crippen molar-refractivity contribution in [2.45, 2.75) is 44.2 Å². The Morgan fingerprint density at radius 3 is 2.65 bits per heavy atom. The lowest BCUT2D eigenvalue weighted by atomic mass is 9.92. The smallest absolute Gasteiger partial charge is 0.261 e. The Hall–Kier alpha value is -3.38. The molecule has 2 aromatic heterocycles. The Labute approximate surface area is 179 Å². The van der Waals surface area contributed by atoms with Crippen LogP contribution in [0.3, 0.4) is 0 Å². The summed E-state index contributed by atoms with van der Waals surface area (Å²) in [6, 6.07) is 11.0. The van der Waals surface area contributed by atoms with Crippen molar-refractivity contribution in [2.24, 2.45) is 0 Å². The van der Waals surface area contributed by atoms with Crippen LogP contribution in [0.1, 0.15) is 53.2 Å². The zero-order valence-corrected chi connectivity index (χ0v) is 17.1. The largest absolute Gasteiger partial charge is 0.391 e. The molecule has 1 aliphatic rings. The van der Waals surface area contributed by atoms with E-state index in [2.05, 4.69) is 9.97 Å². The van der Waals surface area contributed by atoms with Crippen LogP contribution in [0.5, 0.6) is 0 Å². The van der Waals surface area contributed by atoms with Gasteiger partial charge in [0.15, 0.2) is 0 Å². The number of carbonyl (C=O) groups is 1. The quantitative estimate of drug-likeness (QED) is 0.406. The molecular formula is C25H23N3O3. The van der Waals surface area contributed by atoms with E-state index in [0.717, 1.165) is 47.4 Å². The number of aliphatic hydroxyl groups is 1. The number of aliphatic hydroxyl groups excluding tert-OH is 1. The summed E-state index contributed by atoms with van der Waals surface area (Å²) in [7, 11) is 0. The van der Waals surface area contributed by atoms with E-state index >= 15 is 0 Å². The van der Waals surface area contributed by atoms with Gasteiger partial charge in [-0.1, -0.05) is 37.1 Å². The predicted molar refractivity (Wildman–Crippen MR) is 119 cm³/mol. The number of nitrogens with zero attached hydrogens (tertiary/aromatic N) is 3. The lowest BCUT2D eigenvalue weighted by Crippen LogP contribution is -2.34. The highest BCUT2D eigenvalue weighted by atomic mass is 16.3. The van der Waals surface area contributed by atoms with Gasteiger partial charge in [0, 0.05) is 28.7 Å². The van der Waals surface area contributed by atoms with Crippen LogP contribution in [0.15, 0.2) is 59.9 Å². The fraction of sp³-hybridized carbons (Fsp3) is 0.280. The summed E-state index contributed by atoms with van der Waals surface area (Å²) in [6.07, 6.45) is 9.49. The first-order valence-electron chi connectivity index (χ1n) is 10.6. The van der Waals surface area contributed by atoms with Crippen molar-refractivity contribution in [2.75, 3.05) is 0 Å². The molecule has 4 aromatic rings. The number of rotatable bonds is 4. The van der Waals surface area contributed by atoms with E-state index in [-0.39, 0.29) is 11.6 Å². The van der Waals surface area contributed by atoms with E-state index in [0.29, 0.717) is 29.3 Å². The normalized spacial score (nSPS) is 19.0. The molecular weight excluding hydrogens is 390 g/mol. The summed E-state index contributed by atoms with van der Waals surface area (Å²) < 4.78 is 1.61. The van der Waals surface area contributed by atoms with Gasteiger partial charge in [0.2, 0.25) is 0 Å². The molecule has 2 atom stereocenters. The molecule has 0 unspecified atom stereocenters. The first kappa shape index (κ1) is 19.6. The number of carbonyl (C=O) groups excluding carboxylic acids is 1. The number of aldehydes is 1. The standard InChI is InChI=1S/C25H23N3O3/c29-14-17-7-5-16(6-8-17)11-18-12-20-24(19-9-10-26-13-21(18)19)27-15-28(25(20)31)22-3-1-2-4-23(22)30/h5-10,12-15,22-23,30H,1-4,11H2/t22-,23-/m0/s1. The van der Waals surface area contributed by atoms with Crippen molar-refractivity contribution in [3.05, 3.63) is 82.2 Å². The summed E-state index contributed by atoms with van der Waals surface area (Å²) >= 11 is 0. The first-order valence-corrected chi connectivity index (χ1v) is 10.6. The maximum Gasteiger partial charge on any atom is 0.261 e. The summed E-state index contributed by atoms with van der Waals surface area (Å²) in [5.74, 6) is 0. The minimum absolute atomic E-state index is 0.118. The third-order valence-electron chi connectivity index (χ3n) is 6.33. The lowest BCUT2D eigenvalue weighted by Gasteiger charge is -2.29. The van der Waals surface area contributed by atoms with E-state index < -0.39 is 6.10 Å². The fourth-order valence-electron chi connectivity index (χ4n) is 4.67. The van der Waals surface area contributed by atoms with Gasteiger partial charge in [0.05, 0.1) is 29.4 Å². The molecule has 1 fully saturated rings. The summed E-state index contributed by atoms with van der Waals surface area (Å²) in [6.45, 7) is 0. The number of fused-ring (bicyclic) bond motifs is 3. The highest BCUT2D eigenvalue weighted by Gasteiger charge is 2.26. The molecule has 31 heavy (non-hydrogen) atoms. The molecule has 0 saturated heterocycles. The van der Waals surface area contributed by atoms with Crippen LogP contribution in [0.4, 0.5) is 0 Å². The van der Waals surface area contributed by atoms with Gasteiger partial charge in [-0.2, -0.15) is 0 Å².